The molecular formula is C11H17N3. The van der Waals surface area contributed by atoms with Crippen LogP contribution in [-0.4, -0.2) is 31.1 Å². The maximum Gasteiger partial charge on any atom is 0.0400 e. The molecule has 0 radical (unpaired) electrons. The Hall–Kier alpha value is -1.22. The molecule has 0 aliphatic carbocycles. The third-order valence-electron chi connectivity index (χ3n) is 2.67. The van der Waals surface area contributed by atoms with Gasteiger partial charge in [0, 0.05) is 24.0 Å². The number of nitrogens with one attached hydrogen (secondary N) is 1. The van der Waals surface area contributed by atoms with E-state index < -0.39 is 0 Å². The first-order valence-electron chi connectivity index (χ1n) is 5.04. The summed E-state index contributed by atoms with van der Waals surface area (Å²) in [7, 11) is 2.16. The van der Waals surface area contributed by atoms with Crippen LogP contribution in [0.2, 0.25) is 0 Å². The fourth-order valence-corrected chi connectivity index (χ4v) is 1.87. The van der Waals surface area contributed by atoms with Crippen LogP contribution in [0.3, 0.4) is 0 Å². The molecule has 1 aromatic rings. The predicted molar refractivity (Wildman–Crippen MR) is 60.4 cm³/mol. The first kappa shape index (κ1) is 9.34. The highest BCUT2D eigenvalue weighted by atomic mass is 15.2. The molecule has 14 heavy (non-hydrogen) atoms. The Balaban J connectivity index is 1.94. The molecule has 1 atom stereocenters. The fourth-order valence-electron chi connectivity index (χ4n) is 1.87. The largest absolute Gasteiger partial charge is 0.399 e. The van der Waals surface area contributed by atoms with E-state index in [0.29, 0.717) is 6.04 Å². The Morgan fingerprint density at radius 3 is 2.64 bits per heavy atom. The zero-order chi connectivity index (χ0) is 9.97. The molecule has 1 aliphatic rings. The van der Waals surface area contributed by atoms with Crippen molar-refractivity contribution in [1.82, 2.24) is 4.90 Å². The first-order chi connectivity index (χ1) is 6.74. The van der Waals surface area contributed by atoms with Crippen molar-refractivity contribution in [3.63, 3.8) is 0 Å². The summed E-state index contributed by atoms with van der Waals surface area (Å²) in [6, 6.07) is 8.52. The second-order valence-electron chi connectivity index (χ2n) is 4.01. The van der Waals surface area contributed by atoms with Crippen molar-refractivity contribution in [1.29, 1.82) is 0 Å². The van der Waals surface area contributed by atoms with Gasteiger partial charge in [0.05, 0.1) is 0 Å². The van der Waals surface area contributed by atoms with E-state index in [9.17, 15) is 0 Å². The molecule has 1 fully saturated rings. The summed E-state index contributed by atoms with van der Waals surface area (Å²) >= 11 is 0. The molecule has 3 heteroatoms. The molecule has 1 saturated heterocycles. The Morgan fingerprint density at radius 1 is 1.36 bits per heavy atom. The number of nitrogens with zero attached hydrogens (tertiary/aromatic N) is 1. The Bertz CT molecular complexity index is 294. The zero-order valence-electron chi connectivity index (χ0n) is 8.53. The van der Waals surface area contributed by atoms with Crippen LogP contribution in [0.4, 0.5) is 11.4 Å². The molecule has 0 bridgehead atoms. The average molecular weight is 191 g/mol. The van der Waals surface area contributed by atoms with Crippen LogP contribution in [-0.2, 0) is 0 Å². The van der Waals surface area contributed by atoms with Gasteiger partial charge in [0.25, 0.3) is 0 Å². The number of rotatable bonds is 2. The second kappa shape index (κ2) is 3.88. The van der Waals surface area contributed by atoms with Gasteiger partial charge in [-0.1, -0.05) is 0 Å². The molecular weight excluding hydrogens is 174 g/mol. The minimum atomic E-state index is 0.587. The summed E-state index contributed by atoms with van der Waals surface area (Å²) in [5, 5.41) is 3.50. The van der Waals surface area contributed by atoms with Gasteiger partial charge in [-0.25, -0.2) is 0 Å². The molecule has 2 rings (SSSR count). The van der Waals surface area contributed by atoms with Crippen LogP contribution in [0, 0.1) is 0 Å². The summed E-state index contributed by atoms with van der Waals surface area (Å²) in [6.07, 6.45) is 1.22. The van der Waals surface area contributed by atoms with E-state index in [1.54, 1.807) is 0 Å². The molecule has 76 valence electrons. The van der Waals surface area contributed by atoms with Crippen LogP contribution >= 0.6 is 0 Å². The first-order valence-corrected chi connectivity index (χ1v) is 5.04. The number of anilines is 2. The van der Waals surface area contributed by atoms with Gasteiger partial charge in [-0.15, -0.1) is 0 Å². The topological polar surface area (TPSA) is 41.3 Å². The minimum Gasteiger partial charge on any atom is -0.399 e. The molecule has 1 aromatic carbocycles. The van der Waals surface area contributed by atoms with Crippen molar-refractivity contribution in [2.75, 3.05) is 31.2 Å². The van der Waals surface area contributed by atoms with Crippen molar-refractivity contribution in [3.8, 4) is 0 Å². The summed E-state index contributed by atoms with van der Waals surface area (Å²) < 4.78 is 0. The maximum atomic E-state index is 5.62. The van der Waals surface area contributed by atoms with Crippen LogP contribution in [0.15, 0.2) is 24.3 Å². The molecule has 3 nitrogen and oxygen atoms in total. The number of hydrogen-bond acceptors (Lipinski definition) is 3. The quantitative estimate of drug-likeness (QED) is 0.694. The van der Waals surface area contributed by atoms with Gasteiger partial charge in [-0.2, -0.15) is 0 Å². The Kier molecular flexibility index (Phi) is 2.59. The lowest BCUT2D eigenvalue weighted by atomic mass is 10.2. The lowest BCUT2D eigenvalue weighted by Gasteiger charge is -2.14. The van der Waals surface area contributed by atoms with Crippen molar-refractivity contribution < 1.29 is 0 Å². The normalized spacial score (nSPS) is 22.5. The van der Waals surface area contributed by atoms with E-state index in [1.807, 2.05) is 24.3 Å². The molecule has 3 N–H and O–H groups in total. The molecule has 1 heterocycles. The van der Waals surface area contributed by atoms with Crippen LogP contribution in [0.25, 0.3) is 0 Å². The highest BCUT2D eigenvalue weighted by molar-refractivity contribution is 5.51. The number of likely N-dealkylation sites (tertiary alicyclic amines) is 1. The molecule has 0 saturated carbocycles. The predicted octanol–water partition coefficient (Wildman–Crippen LogP) is 1.38. The highest BCUT2D eigenvalue weighted by Crippen LogP contribution is 2.15. The standard InChI is InChI=1S/C11H17N3/c1-14-7-6-11(8-14)13-10-4-2-9(12)3-5-10/h2-5,11,13H,6-8,12H2,1H3/t11-/m0/s1. The lowest BCUT2D eigenvalue weighted by Crippen LogP contribution is -2.23. The van der Waals surface area contributed by atoms with Gasteiger partial charge in [0.1, 0.15) is 0 Å². The summed E-state index contributed by atoms with van der Waals surface area (Å²) in [5.74, 6) is 0. The van der Waals surface area contributed by atoms with Gasteiger partial charge in [-0.3, -0.25) is 0 Å². The average Bonchev–Trinajstić information content (AvgIpc) is 2.56. The van der Waals surface area contributed by atoms with Gasteiger partial charge >= 0.3 is 0 Å². The highest BCUT2D eigenvalue weighted by Gasteiger charge is 2.18. The molecule has 1 aliphatic heterocycles. The monoisotopic (exact) mass is 191 g/mol. The fraction of sp³-hybridized carbons (Fsp3) is 0.455. The van der Waals surface area contributed by atoms with Gasteiger partial charge in [0.2, 0.25) is 0 Å². The molecule has 0 amide bonds. The van der Waals surface area contributed by atoms with E-state index in [-0.39, 0.29) is 0 Å². The Morgan fingerprint density at radius 2 is 2.07 bits per heavy atom. The van der Waals surface area contributed by atoms with Crippen LogP contribution in [0.5, 0.6) is 0 Å². The molecule has 0 spiro atoms. The van der Waals surface area contributed by atoms with Crippen molar-refractivity contribution in [2.45, 2.75) is 12.5 Å². The SMILES string of the molecule is CN1CC[C@H](Nc2ccc(N)cc2)C1. The number of benzene rings is 1. The van der Waals surface area contributed by atoms with Gasteiger partial charge in [-0.05, 0) is 44.3 Å². The van der Waals surface area contributed by atoms with Crippen molar-refractivity contribution in [3.05, 3.63) is 24.3 Å². The zero-order valence-corrected chi connectivity index (χ0v) is 8.53. The third kappa shape index (κ3) is 2.17. The molecule has 0 aromatic heterocycles. The van der Waals surface area contributed by atoms with E-state index in [4.69, 9.17) is 5.73 Å². The molecule has 0 unspecified atom stereocenters. The van der Waals surface area contributed by atoms with E-state index in [2.05, 4.69) is 17.3 Å². The van der Waals surface area contributed by atoms with Crippen molar-refractivity contribution >= 4 is 11.4 Å². The second-order valence-corrected chi connectivity index (χ2v) is 4.01. The van der Waals surface area contributed by atoms with Gasteiger partial charge in [0.15, 0.2) is 0 Å². The summed E-state index contributed by atoms with van der Waals surface area (Å²) in [6.45, 7) is 2.32. The number of nitrogen functional groups attached to an aromatic ring is 1. The summed E-state index contributed by atoms with van der Waals surface area (Å²) in [5.41, 5.74) is 7.61. The van der Waals surface area contributed by atoms with Crippen LogP contribution < -0.4 is 11.1 Å². The van der Waals surface area contributed by atoms with E-state index >= 15 is 0 Å². The van der Waals surface area contributed by atoms with E-state index in [1.165, 1.54) is 18.7 Å². The third-order valence-corrected chi connectivity index (χ3v) is 2.67. The smallest absolute Gasteiger partial charge is 0.0400 e. The van der Waals surface area contributed by atoms with E-state index in [0.717, 1.165) is 12.2 Å². The van der Waals surface area contributed by atoms with Crippen LogP contribution in [0.1, 0.15) is 6.42 Å². The maximum absolute atomic E-state index is 5.62. The number of hydrogen-bond donors (Lipinski definition) is 2. The summed E-state index contributed by atoms with van der Waals surface area (Å²) in [4.78, 5) is 2.34. The number of nitrogens with two attached hydrogens (primary N) is 1. The lowest BCUT2D eigenvalue weighted by molar-refractivity contribution is 0.414. The van der Waals surface area contributed by atoms with Gasteiger partial charge < -0.3 is 16.0 Å². The van der Waals surface area contributed by atoms with Crippen molar-refractivity contribution in [2.24, 2.45) is 0 Å². The Labute approximate surface area is 84.9 Å². The minimum absolute atomic E-state index is 0.587. The number of likely N-dealkylation sites (N-methyl/N-ethyl adjacent to an activating group) is 1.